The van der Waals surface area contributed by atoms with Crippen LogP contribution < -0.4 is 0 Å². The number of nitrogens with zero attached hydrogens (tertiary/aromatic N) is 7. The van der Waals surface area contributed by atoms with Gasteiger partial charge in [0, 0.05) is 50.2 Å². The number of imidazole rings is 1. The molecule has 0 atom stereocenters. The molecule has 1 aliphatic rings. The summed E-state index contributed by atoms with van der Waals surface area (Å²) in [5.74, 6) is 0.881. The lowest BCUT2D eigenvalue weighted by molar-refractivity contribution is -0.384. The molecule has 4 aromatic rings. The molecule has 4 heterocycles. The first-order chi connectivity index (χ1) is 16.1. The van der Waals surface area contributed by atoms with Crippen LogP contribution in [0.25, 0.3) is 16.4 Å². The van der Waals surface area contributed by atoms with Crippen LogP contribution in [0.15, 0.2) is 59.0 Å². The summed E-state index contributed by atoms with van der Waals surface area (Å²) >= 11 is 1.55. The molecule has 0 unspecified atom stereocenters. The topological polar surface area (TPSA) is 123 Å². The zero-order valence-corrected chi connectivity index (χ0v) is 18.2. The smallest absolute Gasteiger partial charge is 0.294 e. The first-order valence-electron chi connectivity index (χ1n) is 10.2. The van der Waals surface area contributed by atoms with E-state index in [1.54, 1.807) is 45.3 Å². The molecule has 0 saturated carbocycles. The molecule has 1 fully saturated rings. The van der Waals surface area contributed by atoms with E-state index in [4.69, 9.17) is 4.52 Å². The third-order valence-electron chi connectivity index (χ3n) is 5.43. The van der Waals surface area contributed by atoms with E-state index in [9.17, 15) is 14.9 Å². The molecule has 1 saturated heterocycles. The van der Waals surface area contributed by atoms with Gasteiger partial charge in [-0.15, -0.1) is 11.3 Å². The van der Waals surface area contributed by atoms with Gasteiger partial charge in [-0.3, -0.25) is 19.8 Å². The molecule has 168 valence electrons. The number of aromatic nitrogens is 4. The van der Waals surface area contributed by atoms with Gasteiger partial charge >= 0.3 is 0 Å². The summed E-state index contributed by atoms with van der Waals surface area (Å²) in [4.78, 5) is 37.3. The molecule has 0 spiro atoms. The third-order valence-corrected chi connectivity index (χ3v) is 6.30. The average molecular weight is 465 g/mol. The second-order valence-electron chi connectivity index (χ2n) is 7.49. The summed E-state index contributed by atoms with van der Waals surface area (Å²) in [6, 6.07) is 8.39. The molecule has 12 heteroatoms. The molecule has 3 aromatic heterocycles. The largest absolute Gasteiger partial charge is 0.338 e. The first-order valence-corrected chi connectivity index (χ1v) is 11.1. The molecule has 0 radical (unpaired) electrons. The van der Waals surface area contributed by atoms with Crippen molar-refractivity contribution in [3.05, 3.63) is 76.0 Å². The van der Waals surface area contributed by atoms with Crippen LogP contribution in [0, 0.1) is 10.1 Å². The molecule has 5 rings (SSSR count). The molecule has 11 nitrogen and oxygen atoms in total. The van der Waals surface area contributed by atoms with E-state index < -0.39 is 4.92 Å². The van der Waals surface area contributed by atoms with E-state index in [0.29, 0.717) is 50.1 Å². The summed E-state index contributed by atoms with van der Waals surface area (Å²) in [5, 5.41) is 17.6. The van der Waals surface area contributed by atoms with Crippen molar-refractivity contribution in [2.75, 3.05) is 26.2 Å². The summed E-state index contributed by atoms with van der Waals surface area (Å²) in [7, 11) is 0. The number of hydrogen-bond acceptors (Lipinski definition) is 9. The minimum atomic E-state index is -0.487. The number of nitro benzene ring substituents is 1. The van der Waals surface area contributed by atoms with E-state index in [1.165, 1.54) is 12.4 Å². The quantitative estimate of drug-likeness (QED) is 0.315. The van der Waals surface area contributed by atoms with Crippen LogP contribution in [-0.2, 0) is 6.54 Å². The maximum atomic E-state index is 13.0. The Bertz CT molecular complexity index is 1260. The van der Waals surface area contributed by atoms with Gasteiger partial charge in [0.25, 0.3) is 11.6 Å². The van der Waals surface area contributed by atoms with Crippen molar-refractivity contribution in [3.63, 3.8) is 0 Å². The van der Waals surface area contributed by atoms with Crippen molar-refractivity contribution < 1.29 is 14.2 Å². The van der Waals surface area contributed by atoms with Gasteiger partial charge in [-0.25, -0.2) is 4.98 Å². The maximum Gasteiger partial charge on any atom is 0.294 e. The predicted octanol–water partition coefficient (Wildman–Crippen LogP) is 2.85. The standard InChI is InChI=1S/C21H19N7O4S/c29-21(15-3-4-16(17(12-15)28(30)31)27-6-5-22-14-27)26-9-7-25(8-10-26)13-19-23-20(24-32-19)18-2-1-11-33-18/h1-6,11-12,14H,7-10,13H2. The van der Waals surface area contributed by atoms with Crippen molar-refractivity contribution in [2.45, 2.75) is 6.54 Å². The minimum absolute atomic E-state index is 0.143. The molecule has 0 N–H and O–H groups in total. The van der Waals surface area contributed by atoms with Crippen molar-refractivity contribution in [1.82, 2.24) is 29.5 Å². The number of thiophene rings is 1. The third kappa shape index (κ3) is 4.38. The molecule has 33 heavy (non-hydrogen) atoms. The highest BCUT2D eigenvalue weighted by Crippen LogP contribution is 2.25. The van der Waals surface area contributed by atoms with Gasteiger partial charge in [0.05, 0.1) is 22.7 Å². The average Bonchev–Trinajstić information content (AvgIpc) is 3.61. The van der Waals surface area contributed by atoms with Crippen molar-refractivity contribution in [2.24, 2.45) is 0 Å². The minimum Gasteiger partial charge on any atom is -0.338 e. The Labute approximate surface area is 192 Å². The number of benzene rings is 1. The number of piperazine rings is 1. The van der Waals surface area contributed by atoms with Crippen LogP contribution in [0.4, 0.5) is 5.69 Å². The number of carbonyl (C=O) groups excluding carboxylic acids is 1. The number of rotatable bonds is 6. The Kier molecular flexibility index (Phi) is 5.67. The Balaban J connectivity index is 1.23. The zero-order chi connectivity index (χ0) is 22.8. The molecule has 0 bridgehead atoms. The van der Waals surface area contributed by atoms with E-state index >= 15 is 0 Å². The van der Waals surface area contributed by atoms with Crippen molar-refractivity contribution >= 4 is 22.9 Å². The van der Waals surface area contributed by atoms with Gasteiger partial charge in [-0.2, -0.15) is 4.98 Å². The fourth-order valence-electron chi connectivity index (χ4n) is 3.73. The molecule has 1 amide bonds. The van der Waals surface area contributed by atoms with Crippen LogP contribution in [0.2, 0.25) is 0 Å². The maximum absolute atomic E-state index is 13.0. The summed E-state index contributed by atoms with van der Waals surface area (Å²) in [5.41, 5.74) is 0.507. The van der Waals surface area contributed by atoms with Crippen LogP contribution in [-0.4, -0.2) is 66.5 Å². The van der Waals surface area contributed by atoms with Gasteiger partial charge in [0.2, 0.25) is 11.7 Å². The highest BCUT2D eigenvalue weighted by Gasteiger charge is 2.26. The molecule has 1 aromatic carbocycles. The molecule has 1 aliphatic heterocycles. The van der Waals surface area contributed by atoms with Gasteiger partial charge in [0.15, 0.2) is 0 Å². The van der Waals surface area contributed by atoms with Crippen molar-refractivity contribution in [1.29, 1.82) is 0 Å². The monoisotopic (exact) mass is 465 g/mol. The first kappa shape index (κ1) is 21.0. The number of hydrogen-bond donors (Lipinski definition) is 0. The predicted molar refractivity (Wildman–Crippen MR) is 119 cm³/mol. The summed E-state index contributed by atoms with van der Waals surface area (Å²) in [6.07, 6.45) is 4.64. The fourth-order valence-corrected chi connectivity index (χ4v) is 4.38. The number of carbonyl (C=O) groups is 1. The van der Waals surface area contributed by atoms with Crippen LogP contribution in [0.5, 0.6) is 0 Å². The lowest BCUT2D eigenvalue weighted by Crippen LogP contribution is -2.48. The molecular weight excluding hydrogens is 446 g/mol. The second-order valence-corrected chi connectivity index (χ2v) is 8.44. The SMILES string of the molecule is O=C(c1ccc(-n2ccnc2)c([N+](=O)[O-])c1)N1CCN(Cc2nc(-c3cccs3)no2)CC1. The zero-order valence-electron chi connectivity index (χ0n) is 17.4. The van der Waals surface area contributed by atoms with Crippen LogP contribution in [0.3, 0.4) is 0 Å². The second kappa shape index (κ2) is 8.92. The number of nitro groups is 1. The van der Waals surface area contributed by atoms with Crippen molar-refractivity contribution in [3.8, 4) is 16.4 Å². The van der Waals surface area contributed by atoms with E-state index in [-0.39, 0.29) is 17.2 Å². The molecular formula is C21H19N7O4S. The Morgan fingerprint density at radius 1 is 1.21 bits per heavy atom. The van der Waals surface area contributed by atoms with E-state index in [1.807, 2.05) is 17.5 Å². The van der Waals surface area contributed by atoms with E-state index in [2.05, 4.69) is 20.0 Å². The Hall–Kier alpha value is -3.90. The van der Waals surface area contributed by atoms with Gasteiger partial charge in [-0.05, 0) is 23.6 Å². The lowest BCUT2D eigenvalue weighted by atomic mass is 10.1. The summed E-state index contributed by atoms with van der Waals surface area (Å²) in [6.45, 7) is 2.78. The normalized spacial score (nSPS) is 14.5. The Morgan fingerprint density at radius 2 is 2.06 bits per heavy atom. The van der Waals surface area contributed by atoms with Gasteiger partial charge in [0.1, 0.15) is 5.69 Å². The van der Waals surface area contributed by atoms with Crippen LogP contribution in [0.1, 0.15) is 16.2 Å². The lowest BCUT2D eigenvalue weighted by Gasteiger charge is -2.34. The van der Waals surface area contributed by atoms with Gasteiger partial charge in [-0.1, -0.05) is 11.2 Å². The highest BCUT2D eigenvalue weighted by molar-refractivity contribution is 7.13. The van der Waals surface area contributed by atoms with Gasteiger partial charge < -0.3 is 14.0 Å². The fraction of sp³-hybridized carbons (Fsp3) is 0.238. The number of amides is 1. The Morgan fingerprint density at radius 3 is 2.76 bits per heavy atom. The van der Waals surface area contributed by atoms with Crippen LogP contribution >= 0.6 is 11.3 Å². The van der Waals surface area contributed by atoms with E-state index in [0.717, 1.165) is 4.88 Å². The summed E-state index contributed by atoms with van der Waals surface area (Å²) < 4.78 is 6.91. The highest BCUT2D eigenvalue weighted by atomic mass is 32.1. The molecule has 0 aliphatic carbocycles.